The van der Waals surface area contributed by atoms with E-state index in [1.54, 1.807) is 23.6 Å². The minimum Gasteiger partial charge on any atom is -0.304 e. The van der Waals surface area contributed by atoms with E-state index in [4.69, 9.17) is 5.26 Å². The van der Waals surface area contributed by atoms with Gasteiger partial charge in [0.1, 0.15) is 10.8 Å². The number of aromatic nitrogens is 1. The lowest BCUT2D eigenvalue weighted by molar-refractivity contribution is 0.542. The molecule has 1 aromatic heterocycles. The molecule has 1 heterocycles. The van der Waals surface area contributed by atoms with Crippen molar-refractivity contribution in [2.45, 2.75) is 19.5 Å². The molecule has 18 heavy (non-hydrogen) atoms. The number of rotatable bonds is 4. The monoisotopic (exact) mass is 261 g/mol. The summed E-state index contributed by atoms with van der Waals surface area (Å²) >= 11 is 1.56. The SMILES string of the molecule is CC(NCc1cc(C#N)ccc1F)c1nccs1. The van der Waals surface area contributed by atoms with Gasteiger partial charge in [0.05, 0.1) is 17.7 Å². The summed E-state index contributed by atoms with van der Waals surface area (Å²) in [6, 6.07) is 6.43. The van der Waals surface area contributed by atoms with Crippen molar-refractivity contribution in [2.75, 3.05) is 0 Å². The minimum absolute atomic E-state index is 0.0649. The lowest BCUT2D eigenvalue weighted by Crippen LogP contribution is -2.18. The van der Waals surface area contributed by atoms with Crippen LogP contribution in [0.5, 0.6) is 0 Å². The van der Waals surface area contributed by atoms with Crippen LogP contribution in [0, 0.1) is 17.1 Å². The van der Waals surface area contributed by atoms with Crippen LogP contribution in [0.15, 0.2) is 29.8 Å². The van der Waals surface area contributed by atoms with Crippen molar-refractivity contribution in [3.8, 4) is 6.07 Å². The predicted molar refractivity (Wildman–Crippen MR) is 68.5 cm³/mol. The van der Waals surface area contributed by atoms with Crippen molar-refractivity contribution in [2.24, 2.45) is 0 Å². The van der Waals surface area contributed by atoms with Gasteiger partial charge in [-0.3, -0.25) is 0 Å². The van der Waals surface area contributed by atoms with Crippen molar-refractivity contribution in [1.29, 1.82) is 5.26 Å². The molecule has 1 aromatic carbocycles. The molecule has 5 heteroatoms. The van der Waals surface area contributed by atoms with Crippen LogP contribution < -0.4 is 5.32 Å². The van der Waals surface area contributed by atoms with Crippen LogP contribution in [0.3, 0.4) is 0 Å². The highest BCUT2D eigenvalue weighted by Gasteiger charge is 2.09. The Balaban J connectivity index is 2.04. The van der Waals surface area contributed by atoms with E-state index in [2.05, 4.69) is 10.3 Å². The maximum absolute atomic E-state index is 13.5. The second kappa shape index (κ2) is 5.71. The number of nitrogens with one attached hydrogen (secondary N) is 1. The number of hydrogen-bond acceptors (Lipinski definition) is 4. The molecule has 0 aliphatic carbocycles. The van der Waals surface area contributed by atoms with Crippen molar-refractivity contribution in [3.05, 3.63) is 51.7 Å². The molecule has 0 radical (unpaired) electrons. The summed E-state index contributed by atoms with van der Waals surface area (Å²) in [7, 11) is 0. The van der Waals surface area contributed by atoms with Crippen molar-refractivity contribution < 1.29 is 4.39 Å². The third-order valence-corrected chi connectivity index (χ3v) is 3.55. The Bertz CT molecular complexity index is 560. The van der Waals surface area contributed by atoms with Crippen LogP contribution in [-0.4, -0.2) is 4.98 Å². The predicted octanol–water partition coefficient (Wildman–Crippen LogP) is 3.00. The van der Waals surface area contributed by atoms with Gasteiger partial charge in [-0.15, -0.1) is 11.3 Å². The second-order valence-corrected chi connectivity index (χ2v) is 4.82. The first-order valence-electron chi connectivity index (χ1n) is 5.52. The Hall–Kier alpha value is -1.77. The molecule has 0 saturated heterocycles. The minimum atomic E-state index is -0.298. The van der Waals surface area contributed by atoms with Crippen LogP contribution in [0.1, 0.15) is 29.1 Å². The van der Waals surface area contributed by atoms with Crippen molar-refractivity contribution in [1.82, 2.24) is 10.3 Å². The molecular weight excluding hydrogens is 249 g/mol. The molecule has 3 nitrogen and oxygen atoms in total. The van der Waals surface area contributed by atoms with E-state index in [0.717, 1.165) is 5.01 Å². The third kappa shape index (κ3) is 2.92. The van der Waals surface area contributed by atoms with Crippen molar-refractivity contribution >= 4 is 11.3 Å². The summed E-state index contributed by atoms with van der Waals surface area (Å²) in [4.78, 5) is 4.19. The van der Waals surface area contributed by atoms with Crippen LogP contribution in [0.4, 0.5) is 4.39 Å². The molecular formula is C13H12FN3S. The van der Waals surface area contributed by atoms with E-state index >= 15 is 0 Å². The molecule has 0 amide bonds. The highest BCUT2D eigenvalue weighted by Crippen LogP contribution is 2.16. The zero-order valence-corrected chi connectivity index (χ0v) is 10.7. The largest absolute Gasteiger partial charge is 0.304 e. The number of benzene rings is 1. The molecule has 0 bridgehead atoms. The van der Waals surface area contributed by atoms with E-state index in [1.807, 2.05) is 18.4 Å². The standard InChI is InChI=1S/C13H12FN3S/c1-9(13-16-4-5-18-13)17-8-11-6-10(7-15)2-3-12(11)14/h2-6,9,17H,8H2,1H3. The van der Waals surface area contributed by atoms with Gasteiger partial charge in [-0.25, -0.2) is 9.37 Å². The molecule has 1 N–H and O–H groups in total. The molecule has 0 fully saturated rings. The molecule has 0 aliphatic rings. The Morgan fingerprint density at radius 1 is 1.56 bits per heavy atom. The number of halogens is 1. The van der Waals surface area contributed by atoms with Gasteiger partial charge in [0, 0.05) is 23.7 Å². The van der Waals surface area contributed by atoms with Gasteiger partial charge in [0.25, 0.3) is 0 Å². The van der Waals surface area contributed by atoms with Gasteiger partial charge in [-0.2, -0.15) is 5.26 Å². The Morgan fingerprint density at radius 2 is 2.39 bits per heavy atom. The molecule has 1 atom stereocenters. The van der Waals surface area contributed by atoms with Crippen LogP contribution >= 0.6 is 11.3 Å². The maximum Gasteiger partial charge on any atom is 0.127 e. The van der Waals surface area contributed by atoms with Crippen LogP contribution in [-0.2, 0) is 6.54 Å². The van der Waals surface area contributed by atoms with Crippen LogP contribution in [0.2, 0.25) is 0 Å². The Kier molecular flexibility index (Phi) is 4.03. The summed E-state index contributed by atoms with van der Waals surface area (Å²) in [6.45, 7) is 2.35. The van der Waals surface area contributed by atoms with Gasteiger partial charge < -0.3 is 5.32 Å². The summed E-state index contributed by atoms with van der Waals surface area (Å²) in [5, 5.41) is 14.8. The first kappa shape index (κ1) is 12.7. The zero-order valence-electron chi connectivity index (χ0n) is 9.85. The summed E-state index contributed by atoms with van der Waals surface area (Å²) in [5.74, 6) is -0.298. The highest BCUT2D eigenvalue weighted by atomic mass is 32.1. The average Bonchev–Trinajstić information content (AvgIpc) is 2.91. The Morgan fingerprint density at radius 3 is 3.06 bits per heavy atom. The summed E-state index contributed by atoms with van der Waals surface area (Å²) < 4.78 is 13.5. The van der Waals surface area contributed by atoms with Gasteiger partial charge >= 0.3 is 0 Å². The summed E-state index contributed by atoms with van der Waals surface area (Å²) in [6.07, 6.45) is 1.75. The number of hydrogen-bond donors (Lipinski definition) is 1. The maximum atomic E-state index is 13.5. The normalized spacial score (nSPS) is 12.1. The second-order valence-electron chi connectivity index (χ2n) is 3.89. The average molecular weight is 261 g/mol. The molecule has 2 rings (SSSR count). The first-order valence-corrected chi connectivity index (χ1v) is 6.40. The highest BCUT2D eigenvalue weighted by molar-refractivity contribution is 7.09. The number of nitrogens with zero attached hydrogens (tertiary/aromatic N) is 2. The van der Waals surface area contributed by atoms with Crippen molar-refractivity contribution in [3.63, 3.8) is 0 Å². The number of thiazole rings is 1. The van der Waals surface area contributed by atoms with E-state index in [9.17, 15) is 4.39 Å². The smallest absolute Gasteiger partial charge is 0.127 e. The lowest BCUT2D eigenvalue weighted by Gasteiger charge is -2.11. The van der Waals surface area contributed by atoms with Gasteiger partial charge in [-0.1, -0.05) is 0 Å². The fraction of sp³-hybridized carbons (Fsp3) is 0.231. The van der Waals surface area contributed by atoms with E-state index < -0.39 is 0 Å². The van der Waals surface area contributed by atoms with E-state index in [-0.39, 0.29) is 11.9 Å². The Labute approximate surface area is 109 Å². The summed E-state index contributed by atoms with van der Waals surface area (Å²) in [5.41, 5.74) is 0.965. The molecule has 2 aromatic rings. The lowest BCUT2D eigenvalue weighted by atomic mass is 10.1. The fourth-order valence-electron chi connectivity index (χ4n) is 1.58. The van der Waals surface area contributed by atoms with Gasteiger partial charge in [0.2, 0.25) is 0 Å². The number of nitriles is 1. The molecule has 0 aliphatic heterocycles. The molecule has 0 saturated carbocycles. The quantitative estimate of drug-likeness (QED) is 0.920. The molecule has 0 spiro atoms. The first-order chi connectivity index (χ1) is 8.70. The molecule has 1 unspecified atom stereocenters. The topological polar surface area (TPSA) is 48.7 Å². The zero-order chi connectivity index (χ0) is 13.0. The third-order valence-electron chi connectivity index (χ3n) is 2.60. The molecule has 92 valence electrons. The fourth-order valence-corrected chi connectivity index (χ4v) is 2.25. The van der Waals surface area contributed by atoms with Gasteiger partial charge in [-0.05, 0) is 25.1 Å². The van der Waals surface area contributed by atoms with Gasteiger partial charge in [0.15, 0.2) is 0 Å². The van der Waals surface area contributed by atoms with Crippen LogP contribution in [0.25, 0.3) is 0 Å². The van der Waals surface area contributed by atoms with E-state index in [0.29, 0.717) is 17.7 Å². The van der Waals surface area contributed by atoms with E-state index in [1.165, 1.54) is 12.1 Å².